The Kier molecular flexibility index (Phi) is 6.67. The summed E-state index contributed by atoms with van der Waals surface area (Å²) in [5.74, 6) is 0.264. The maximum absolute atomic E-state index is 13.0. The average molecular weight is 345 g/mol. The van der Waals surface area contributed by atoms with Gasteiger partial charge in [-0.1, -0.05) is 24.3 Å². The summed E-state index contributed by atoms with van der Waals surface area (Å²) < 4.78 is 18.6. The Morgan fingerprint density at radius 3 is 2.56 bits per heavy atom. The van der Waals surface area contributed by atoms with E-state index in [1.54, 1.807) is 36.4 Å². The van der Waals surface area contributed by atoms with Crippen LogP contribution in [0.4, 0.5) is 4.39 Å². The average Bonchev–Trinajstić information content (AvgIpc) is 2.60. The first-order chi connectivity index (χ1) is 11.9. The summed E-state index contributed by atoms with van der Waals surface area (Å²) in [5.41, 5.74) is 1.56. The van der Waals surface area contributed by atoms with Gasteiger partial charge in [-0.2, -0.15) is 0 Å². The van der Waals surface area contributed by atoms with E-state index in [0.29, 0.717) is 17.9 Å². The van der Waals surface area contributed by atoms with Crippen LogP contribution in [0.2, 0.25) is 0 Å². The van der Waals surface area contributed by atoms with E-state index in [2.05, 4.69) is 0 Å². The summed E-state index contributed by atoms with van der Waals surface area (Å²) in [7, 11) is 1.90. The van der Waals surface area contributed by atoms with E-state index in [1.165, 1.54) is 19.1 Å². The van der Waals surface area contributed by atoms with Crippen molar-refractivity contribution in [3.8, 4) is 5.75 Å². The van der Waals surface area contributed by atoms with E-state index in [4.69, 9.17) is 4.74 Å². The number of Topliss-reactive ketones (excluding diaryl/α,β-unsaturated/α-hetero) is 1. The summed E-state index contributed by atoms with van der Waals surface area (Å²) in [4.78, 5) is 13.4. The first kappa shape index (κ1) is 19.1. The van der Waals surface area contributed by atoms with Crippen LogP contribution < -0.4 is 4.74 Å². The fraction of sp³-hybridized carbons (Fsp3) is 0.350. The molecule has 0 unspecified atom stereocenters. The molecule has 0 aliphatic rings. The van der Waals surface area contributed by atoms with Crippen molar-refractivity contribution in [1.29, 1.82) is 0 Å². The fourth-order valence-electron chi connectivity index (χ4n) is 2.54. The van der Waals surface area contributed by atoms with Gasteiger partial charge in [-0.05, 0) is 50.7 Å². The summed E-state index contributed by atoms with van der Waals surface area (Å²) in [6.07, 6.45) is -0.686. The third-order valence-corrected chi connectivity index (χ3v) is 4.20. The molecule has 2 rings (SSSR count). The van der Waals surface area contributed by atoms with Gasteiger partial charge >= 0.3 is 0 Å². The smallest absolute Gasteiger partial charge is 0.159 e. The number of ether oxygens (including phenoxy) is 1. The molecule has 0 aromatic heterocycles. The number of nitrogens with zero attached hydrogens (tertiary/aromatic N) is 1. The van der Waals surface area contributed by atoms with Crippen molar-refractivity contribution in [2.24, 2.45) is 0 Å². The zero-order valence-corrected chi connectivity index (χ0v) is 14.8. The summed E-state index contributed by atoms with van der Waals surface area (Å²) >= 11 is 0. The molecule has 2 atom stereocenters. The maximum Gasteiger partial charge on any atom is 0.159 e. The number of carbonyl (C=O) groups excluding carboxylic acids is 1. The molecule has 0 aliphatic heterocycles. The monoisotopic (exact) mass is 345 g/mol. The highest BCUT2D eigenvalue weighted by molar-refractivity contribution is 5.94. The normalized spacial score (nSPS) is 13.5. The molecule has 0 aliphatic carbocycles. The largest absolute Gasteiger partial charge is 0.491 e. The molecule has 0 fully saturated rings. The second-order valence-corrected chi connectivity index (χ2v) is 6.22. The first-order valence-electron chi connectivity index (χ1n) is 8.24. The molecule has 134 valence electrons. The molecule has 5 heteroatoms. The SMILES string of the molecule is CC(=O)c1cccc(OC[C@H](O)CN(C)[C@@H](C)c2ccc(F)cc2)c1. The second-order valence-electron chi connectivity index (χ2n) is 6.22. The lowest BCUT2D eigenvalue weighted by Gasteiger charge is -2.27. The quantitative estimate of drug-likeness (QED) is 0.745. The van der Waals surface area contributed by atoms with Crippen molar-refractivity contribution < 1.29 is 19.0 Å². The number of benzene rings is 2. The van der Waals surface area contributed by atoms with Crippen LogP contribution in [0.25, 0.3) is 0 Å². The van der Waals surface area contributed by atoms with E-state index in [9.17, 15) is 14.3 Å². The minimum atomic E-state index is -0.686. The van der Waals surface area contributed by atoms with Crippen molar-refractivity contribution in [1.82, 2.24) is 4.90 Å². The minimum Gasteiger partial charge on any atom is -0.491 e. The molecule has 0 radical (unpaired) electrons. The van der Waals surface area contributed by atoms with Gasteiger partial charge in [0.25, 0.3) is 0 Å². The Bertz CT molecular complexity index is 702. The highest BCUT2D eigenvalue weighted by Crippen LogP contribution is 2.19. The van der Waals surface area contributed by atoms with Gasteiger partial charge in [0.05, 0.1) is 0 Å². The van der Waals surface area contributed by atoms with Crippen LogP contribution in [0, 0.1) is 5.82 Å². The second kappa shape index (κ2) is 8.74. The van der Waals surface area contributed by atoms with E-state index in [0.717, 1.165) is 5.56 Å². The Balaban J connectivity index is 1.86. The number of aliphatic hydroxyl groups excluding tert-OH is 1. The van der Waals surface area contributed by atoms with Gasteiger partial charge in [0.1, 0.15) is 24.3 Å². The molecule has 2 aromatic rings. The number of hydrogen-bond donors (Lipinski definition) is 1. The van der Waals surface area contributed by atoms with Gasteiger partial charge in [0, 0.05) is 18.2 Å². The lowest BCUT2D eigenvalue weighted by molar-refractivity contribution is 0.0653. The topological polar surface area (TPSA) is 49.8 Å². The number of hydrogen-bond acceptors (Lipinski definition) is 4. The number of aliphatic hydroxyl groups is 1. The molecular weight excluding hydrogens is 321 g/mol. The van der Waals surface area contributed by atoms with Gasteiger partial charge in [0.2, 0.25) is 0 Å². The summed E-state index contributed by atoms with van der Waals surface area (Å²) in [6, 6.07) is 13.3. The third-order valence-electron chi connectivity index (χ3n) is 4.20. The van der Waals surface area contributed by atoms with Crippen LogP contribution in [0.5, 0.6) is 5.75 Å². The first-order valence-corrected chi connectivity index (χ1v) is 8.24. The maximum atomic E-state index is 13.0. The lowest BCUT2D eigenvalue weighted by atomic mass is 10.1. The molecule has 2 aromatic carbocycles. The van der Waals surface area contributed by atoms with Crippen LogP contribution in [0.3, 0.4) is 0 Å². The predicted octanol–water partition coefficient (Wildman–Crippen LogP) is 3.46. The Hall–Kier alpha value is -2.24. The van der Waals surface area contributed by atoms with Crippen LogP contribution in [-0.4, -0.2) is 42.1 Å². The van der Waals surface area contributed by atoms with Crippen molar-refractivity contribution in [3.05, 3.63) is 65.5 Å². The Labute approximate surface area is 147 Å². The van der Waals surface area contributed by atoms with Crippen molar-refractivity contribution >= 4 is 5.78 Å². The van der Waals surface area contributed by atoms with Crippen LogP contribution in [0.1, 0.15) is 35.8 Å². The number of halogens is 1. The minimum absolute atomic E-state index is 0.0288. The van der Waals surface area contributed by atoms with Crippen LogP contribution in [0.15, 0.2) is 48.5 Å². The van der Waals surface area contributed by atoms with E-state index < -0.39 is 6.10 Å². The molecule has 0 bridgehead atoms. The molecule has 1 N–H and O–H groups in total. The molecule has 0 saturated heterocycles. The van der Waals surface area contributed by atoms with Crippen LogP contribution in [-0.2, 0) is 0 Å². The predicted molar refractivity (Wildman–Crippen MR) is 95.4 cm³/mol. The molecule has 0 amide bonds. The zero-order chi connectivity index (χ0) is 18.4. The van der Waals surface area contributed by atoms with Crippen molar-refractivity contribution in [2.45, 2.75) is 26.0 Å². The standard InChI is InChI=1S/C20H24FNO3/c1-14(16-7-9-18(21)10-8-16)22(3)12-19(24)13-25-20-6-4-5-17(11-20)15(2)23/h4-11,14,19,24H,12-13H2,1-3H3/t14-,19+/m0/s1. The van der Waals surface area contributed by atoms with Gasteiger partial charge in [0.15, 0.2) is 5.78 Å². The van der Waals surface area contributed by atoms with Gasteiger partial charge in [-0.25, -0.2) is 4.39 Å². The number of ketones is 1. The fourth-order valence-corrected chi connectivity index (χ4v) is 2.54. The van der Waals surface area contributed by atoms with E-state index in [-0.39, 0.29) is 24.2 Å². The number of rotatable bonds is 8. The molecule has 4 nitrogen and oxygen atoms in total. The van der Waals surface area contributed by atoms with Gasteiger partial charge in [-0.3, -0.25) is 9.69 Å². The highest BCUT2D eigenvalue weighted by atomic mass is 19.1. The molecular formula is C20H24FNO3. The van der Waals surface area contributed by atoms with E-state index >= 15 is 0 Å². The van der Waals surface area contributed by atoms with Crippen molar-refractivity contribution in [3.63, 3.8) is 0 Å². The van der Waals surface area contributed by atoms with Crippen LogP contribution >= 0.6 is 0 Å². The summed E-state index contributed by atoms with van der Waals surface area (Å²) in [5, 5.41) is 10.2. The molecule has 0 heterocycles. The van der Waals surface area contributed by atoms with Crippen molar-refractivity contribution in [2.75, 3.05) is 20.2 Å². The molecule has 0 spiro atoms. The highest BCUT2D eigenvalue weighted by Gasteiger charge is 2.16. The third kappa shape index (κ3) is 5.66. The lowest BCUT2D eigenvalue weighted by Crippen LogP contribution is -2.34. The number of carbonyl (C=O) groups is 1. The van der Waals surface area contributed by atoms with Gasteiger partial charge in [-0.15, -0.1) is 0 Å². The number of likely N-dealkylation sites (N-methyl/N-ethyl adjacent to an activating group) is 1. The molecule has 0 saturated carbocycles. The Morgan fingerprint density at radius 1 is 1.24 bits per heavy atom. The summed E-state index contributed by atoms with van der Waals surface area (Å²) in [6.45, 7) is 4.03. The zero-order valence-electron chi connectivity index (χ0n) is 14.8. The van der Waals surface area contributed by atoms with E-state index in [1.807, 2.05) is 18.9 Å². The van der Waals surface area contributed by atoms with Gasteiger partial charge < -0.3 is 9.84 Å². The Morgan fingerprint density at radius 2 is 1.92 bits per heavy atom. The molecule has 25 heavy (non-hydrogen) atoms.